The summed E-state index contributed by atoms with van der Waals surface area (Å²) in [6.45, 7) is 4.15. The van der Waals surface area contributed by atoms with Gasteiger partial charge in [-0.2, -0.15) is 12.7 Å². The molecule has 13 heteroatoms. The van der Waals surface area contributed by atoms with Crippen LogP contribution in [0.15, 0.2) is 47.8 Å². The zero-order valence-electron chi connectivity index (χ0n) is 20.8. The molecule has 37 heavy (non-hydrogen) atoms. The van der Waals surface area contributed by atoms with Gasteiger partial charge in [-0.25, -0.2) is 9.29 Å². The molecule has 3 aromatic rings. The molecule has 2 heterocycles. The van der Waals surface area contributed by atoms with E-state index in [2.05, 4.69) is 10.3 Å². The fourth-order valence-electron chi connectivity index (χ4n) is 4.03. The number of benzene rings is 2. The molecule has 2 aromatic carbocycles. The summed E-state index contributed by atoms with van der Waals surface area (Å²) < 4.78 is 35.7. The number of ether oxygens (including phenoxy) is 1. The van der Waals surface area contributed by atoms with E-state index in [9.17, 15) is 18.0 Å². The van der Waals surface area contributed by atoms with E-state index in [0.29, 0.717) is 16.9 Å². The van der Waals surface area contributed by atoms with Crippen molar-refractivity contribution in [2.45, 2.75) is 25.9 Å². The third-order valence-corrected chi connectivity index (χ3v) is 9.13. The summed E-state index contributed by atoms with van der Waals surface area (Å²) in [4.78, 5) is 30.9. The number of anilines is 3. The van der Waals surface area contributed by atoms with Gasteiger partial charge in [-0.1, -0.05) is 36.4 Å². The van der Waals surface area contributed by atoms with Gasteiger partial charge in [0.1, 0.15) is 17.9 Å². The van der Waals surface area contributed by atoms with Gasteiger partial charge in [-0.05, 0) is 25.3 Å². The number of aromatic nitrogens is 1. The zero-order valence-corrected chi connectivity index (χ0v) is 22.5. The van der Waals surface area contributed by atoms with Gasteiger partial charge in [-0.3, -0.25) is 9.59 Å². The van der Waals surface area contributed by atoms with Crippen molar-refractivity contribution in [2.75, 3.05) is 47.9 Å². The van der Waals surface area contributed by atoms with Gasteiger partial charge >= 0.3 is 10.2 Å². The van der Waals surface area contributed by atoms with E-state index in [1.54, 1.807) is 43.3 Å². The summed E-state index contributed by atoms with van der Waals surface area (Å²) in [5.41, 5.74) is 5.79. The first kappa shape index (κ1) is 26.8. The Balaban J connectivity index is 1.67. The van der Waals surface area contributed by atoms with Crippen molar-refractivity contribution in [3.63, 3.8) is 0 Å². The van der Waals surface area contributed by atoms with Crippen LogP contribution in [0, 0.1) is 0 Å². The second-order valence-corrected chi connectivity index (χ2v) is 11.3. The fraction of sp³-hybridized carbons (Fsp3) is 0.375. The number of fused-ring (bicyclic) bond motifs is 1. The maximum absolute atomic E-state index is 13.9. The van der Waals surface area contributed by atoms with Gasteiger partial charge in [0.25, 0.3) is 0 Å². The number of likely N-dealkylation sites (N-methyl/N-ethyl adjacent to an activating group) is 1. The summed E-state index contributed by atoms with van der Waals surface area (Å²) in [5, 5.41) is 6.26. The highest BCUT2D eigenvalue weighted by molar-refractivity contribution is 7.90. The van der Waals surface area contributed by atoms with E-state index in [1.165, 1.54) is 19.9 Å². The Morgan fingerprint density at radius 3 is 2.49 bits per heavy atom. The van der Waals surface area contributed by atoms with E-state index in [4.69, 9.17) is 10.5 Å². The Labute approximate surface area is 220 Å². The first-order valence-electron chi connectivity index (χ1n) is 11.7. The van der Waals surface area contributed by atoms with E-state index >= 15 is 0 Å². The predicted octanol–water partition coefficient (Wildman–Crippen LogP) is 2.02. The largest absolute Gasteiger partial charge is 0.379 e. The highest BCUT2D eigenvalue weighted by atomic mass is 32.2. The van der Waals surface area contributed by atoms with Crippen LogP contribution >= 0.6 is 11.3 Å². The number of nitrogens with one attached hydrogen (secondary N) is 1. The molecule has 4 rings (SSSR count). The maximum Gasteiger partial charge on any atom is 0.304 e. The van der Waals surface area contributed by atoms with E-state index in [0.717, 1.165) is 5.39 Å². The minimum Gasteiger partial charge on any atom is -0.379 e. The molecule has 0 bridgehead atoms. The molecule has 1 aromatic heterocycles. The van der Waals surface area contributed by atoms with Crippen molar-refractivity contribution in [3.05, 3.63) is 47.8 Å². The van der Waals surface area contributed by atoms with Crippen LogP contribution in [0.1, 0.15) is 13.8 Å². The van der Waals surface area contributed by atoms with Crippen molar-refractivity contribution in [1.82, 2.24) is 9.29 Å². The zero-order chi connectivity index (χ0) is 26.7. The summed E-state index contributed by atoms with van der Waals surface area (Å²) in [6.07, 6.45) is 0. The number of primary amides is 1. The lowest BCUT2D eigenvalue weighted by molar-refractivity contribution is -0.119. The summed E-state index contributed by atoms with van der Waals surface area (Å²) >= 11 is 1.17. The molecule has 11 nitrogen and oxygen atoms in total. The monoisotopic (exact) mass is 546 g/mol. The molecule has 1 fully saturated rings. The number of nitrogens with two attached hydrogens (primary N) is 1. The van der Waals surface area contributed by atoms with Crippen molar-refractivity contribution in [3.8, 4) is 0 Å². The summed E-state index contributed by atoms with van der Waals surface area (Å²) in [5.74, 6) is -0.587. The molecule has 0 unspecified atom stereocenters. The minimum atomic E-state index is -4.08. The highest BCUT2D eigenvalue weighted by Crippen LogP contribution is 2.32. The van der Waals surface area contributed by atoms with Crippen LogP contribution in [0.5, 0.6) is 0 Å². The van der Waals surface area contributed by atoms with Crippen LogP contribution in [0.4, 0.5) is 16.6 Å². The molecule has 0 spiro atoms. The molecule has 1 aliphatic heterocycles. The molecule has 2 amide bonds. The Morgan fingerprint density at radius 1 is 1.11 bits per heavy atom. The normalized spacial score (nSPS) is 16.2. The minimum absolute atomic E-state index is 0.193. The van der Waals surface area contributed by atoms with Gasteiger partial charge in [0.05, 0.1) is 18.9 Å². The van der Waals surface area contributed by atoms with Crippen LogP contribution in [0.3, 0.4) is 0 Å². The Bertz CT molecular complexity index is 1380. The number of hydrogen-bond acceptors (Lipinski definition) is 8. The number of morpholine rings is 1. The lowest BCUT2D eigenvalue weighted by atomic mass is 10.1. The van der Waals surface area contributed by atoms with Crippen LogP contribution in [0.2, 0.25) is 0 Å². The molecule has 2 atom stereocenters. The molecule has 0 radical (unpaired) electrons. The average molecular weight is 547 g/mol. The fourth-order valence-corrected chi connectivity index (χ4v) is 6.53. The third-order valence-electron chi connectivity index (χ3n) is 6.36. The average Bonchev–Trinajstić information content (AvgIpc) is 3.36. The van der Waals surface area contributed by atoms with Crippen LogP contribution in [0.25, 0.3) is 10.8 Å². The number of thiazole rings is 1. The lowest BCUT2D eigenvalue weighted by Crippen LogP contribution is -2.54. The van der Waals surface area contributed by atoms with Gasteiger partial charge in [0.2, 0.25) is 11.8 Å². The van der Waals surface area contributed by atoms with Crippen molar-refractivity contribution >= 4 is 60.8 Å². The number of carbonyl (C=O) groups is 2. The van der Waals surface area contributed by atoms with E-state index in [-0.39, 0.29) is 31.4 Å². The Hall–Kier alpha value is -3.26. The highest BCUT2D eigenvalue weighted by Gasteiger charge is 2.38. The molecule has 198 valence electrons. The molecule has 3 N–H and O–H groups in total. The summed E-state index contributed by atoms with van der Waals surface area (Å²) in [7, 11) is -2.41. The van der Waals surface area contributed by atoms with Crippen molar-refractivity contribution < 1.29 is 22.7 Å². The van der Waals surface area contributed by atoms with Crippen molar-refractivity contribution in [1.29, 1.82) is 0 Å². The molecular formula is C24H30N6O5S2. The van der Waals surface area contributed by atoms with Gasteiger partial charge < -0.3 is 20.7 Å². The second-order valence-electron chi connectivity index (χ2n) is 8.68. The standard InChI is InChI=1S/C24H30N6O5S2/c1-16(22(25)31)28(3)21-15-36-24(26-21)27-23(32)17(2)30(37(33,34)29-11-13-35-14-12-29)20-10-6-8-18-7-4-5-9-19(18)20/h4-10,15-17H,11-14H2,1-3H3,(H2,25,31)(H,26,27,32)/t16-,17-/m0/s1. The maximum atomic E-state index is 13.9. The predicted molar refractivity (Wildman–Crippen MR) is 145 cm³/mol. The first-order chi connectivity index (χ1) is 17.6. The van der Waals surface area contributed by atoms with Crippen molar-refractivity contribution in [2.24, 2.45) is 5.73 Å². The molecule has 1 saturated heterocycles. The van der Waals surface area contributed by atoms with E-state index in [1.807, 2.05) is 30.3 Å². The number of nitrogens with zero attached hydrogens (tertiary/aromatic N) is 4. The SMILES string of the molecule is C[C@@H](C(N)=O)N(C)c1csc(NC(=O)[C@H](C)N(c2cccc3ccccc23)S(=O)(=O)N2CCOCC2)n1. The van der Waals surface area contributed by atoms with Gasteiger partial charge in [-0.15, -0.1) is 11.3 Å². The van der Waals surface area contributed by atoms with E-state index < -0.39 is 34.1 Å². The summed E-state index contributed by atoms with van der Waals surface area (Å²) in [6, 6.07) is 11.1. The van der Waals surface area contributed by atoms with Crippen LogP contribution in [-0.4, -0.2) is 75.0 Å². The molecule has 0 saturated carbocycles. The quantitative estimate of drug-likeness (QED) is 0.419. The number of hydrogen-bond donors (Lipinski definition) is 2. The topological polar surface area (TPSA) is 138 Å². The van der Waals surface area contributed by atoms with Crippen LogP contribution in [-0.2, 0) is 24.5 Å². The number of rotatable bonds is 9. The van der Waals surface area contributed by atoms with Crippen LogP contribution < -0.4 is 20.3 Å². The number of amides is 2. The Morgan fingerprint density at radius 2 is 1.78 bits per heavy atom. The third kappa shape index (κ3) is 5.54. The van der Waals surface area contributed by atoms with Gasteiger partial charge in [0.15, 0.2) is 5.13 Å². The first-order valence-corrected chi connectivity index (χ1v) is 14.0. The number of carbonyl (C=O) groups excluding carboxylic acids is 2. The van der Waals surface area contributed by atoms with Gasteiger partial charge in [0, 0.05) is 30.9 Å². The molecular weight excluding hydrogens is 516 g/mol. The molecule has 0 aliphatic carbocycles. The second kappa shape index (κ2) is 11.0. The molecule has 1 aliphatic rings. The Kier molecular flexibility index (Phi) is 7.97. The smallest absolute Gasteiger partial charge is 0.304 e. The lowest BCUT2D eigenvalue weighted by Gasteiger charge is -2.36.